The lowest BCUT2D eigenvalue weighted by atomic mass is 10.1. The van der Waals surface area contributed by atoms with Gasteiger partial charge in [-0.3, -0.25) is 14.9 Å². The van der Waals surface area contributed by atoms with Gasteiger partial charge in [0.05, 0.1) is 16.7 Å². The highest BCUT2D eigenvalue weighted by Crippen LogP contribution is 2.26. The average molecular weight is 391 g/mol. The van der Waals surface area contributed by atoms with E-state index in [-0.39, 0.29) is 35.7 Å². The van der Waals surface area contributed by atoms with E-state index in [1.807, 2.05) is 6.92 Å². The number of benzene rings is 2. The van der Waals surface area contributed by atoms with Crippen molar-refractivity contribution in [2.45, 2.75) is 13.0 Å². The van der Waals surface area contributed by atoms with Gasteiger partial charge < -0.3 is 14.5 Å². The number of hydrogen-bond acceptors (Lipinski definition) is 5. The Balaban J connectivity index is 1.59. The fourth-order valence-corrected chi connectivity index (χ4v) is 3.17. The van der Waals surface area contributed by atoms with Crippen LogP contribution in [0.1, 0.15) is 6.92 Å². The molecule has 0 N–H and O–H groups in total. The van der Waals surface area contributed by atoms with Gasteiger partial charge in [-0.05, 0) is 37.3 Å². The van der Waals surface area contributed by atoms with Crippen molar-refractivity contribution in [3.8, 4) is 5.75 Å². The number of piperazine rings is 1. The minimum Gasteiger partial charge on any atom is -0.484 e. The number of carbonyl (C=O) groups excluding carboxylic acids is 1. The minimum absolute atomic E-state index is 0.179. The molecule has 2 aromatic carbocycles. The maximum atomic E-state index is 14.2. The van der Waals surface area contributed by atoms with E-state index in [4.69, 9.17) is 4.74 Å². The third-order valence-corrected chi connectivity index (χ3v) is 4.61. The van der Waals surface area contributed by atoms with Crippen molar-refractivity contribution >= 4 is 17.3 Å². The third kappa shape index (κ3) is 4.36. The van der Waals surface area contributed by atoms with Crippen LogP contribution in [0.3, 0.4) is 0 Å². The number of ether oxygens (including phenoxy) is 1. The van der Waals surface area contributed by atoms with Crippen LogP contribution in [-0.4, -0.2) is 48.0 Å². The van der Waals surface area contributed by atoms with E-state index in [9.17, 15) is 23.7 Å². The van der Waals surface area contributed by atoms with Crippen molar-refractivity contribution in [3.63, 3.8) is 0 Å². The highest BCUT2D eigenvalue weighted by atomic mass is 19.1. The van der Waals surface area contributed by atoms with E-state index in [1.54, 1.807) is 9.80 Å². The molecule has 1 fully saturated rings. The normalized spacial score (nSPS) is 16.8. The predicted molar refractivity (Wildman–Crippen MR) is 98.3 cm³/mol. The van der Waals surface area contributed by atoms with Crippen LogP contribution >= 0.6 is 0 Å². The van der Waals surface area contributed by atoms with Gasteiger partial charge in [0.15, 0.2) is 12.4 Å². The summed E-state index contributed by atoms with van der Waals surface area (Å²) >= 11 is 0. The first kappa shape index (κ1) is 19.5. The number of rotatable bonds is 5. The van der Waals surface area contributed by atoms with Gasteiger partial charge in [0, 0.05) is 31.7 Å². The van der Waals surface area contributed by atoms with Crippen LogP contribution in [0.25, 0.3) is 0 Å². The molecule has 7 nitrogen and oxygen atoms in total. The summed E-state index contributed by atoms with van der Waals surface area (Å²) in [6, 6.07) is 8.73. The van der Waals surface area contributed by atoms with Gasteiger partial charge in [-0.15, -0.1) is 0 Å². The molecule has 0 saturated carbocycles. The summed E-state index contributed by atoms with van der Waals surface area (Å²) in [5, 5.41) is 10.7. The first-order valence-electron chi connectivity index (χ1n) is 8.72. The van der Waals surface area contributed by atoms with E-state index in [0.717, 1.165) is 6.07 Å². The molecule has 9 heteroatoms. The van der Waals surface area contributed by atoms with Gasteiger partial charge >= 0.3 is 0 Å². The Kier molecular flexibility index (Phi) is 5.72. The Hall–Kier alpha value is -3.23. The lowest BCUT2D eigenvalue weighted by Crippen LogP contribution is -2.55. The first-order chi connectivity index (χ1) is 13.3. The number of anilines is 1. The summed E-state index contributed by atoms with van der Waals surface area (Å²) in [5.74, 6) is -0.877. The van der Waals surface area contributed by atoms with E-state index in [2.05, 4.69) is 0 Å². The van der Waals surface area contributed by atoms with Crippen LogP contribution in [0.15, 0.2) is 42.5 Å². The van der Waals surface area contributed by atoms with Crippen LogP contribution in [0.5, 0.6) is 5.75 Å². The number of non-ortho nitro benzene ring substituents is 1. The second-order valence-electron chi connectivity index (χ2n) is 6.52. The lowest BCUT2D eigenvalue weighted by molar-refractivity contribution is -0.385. The Morgan fingerprint density at radius 1 is 1.21 bits per heavy atom. The second-order valence-corrected chi connectivity index (χ2v) is 6.52. The van der Waals surface area contributed by atoms with Gasteiger partial charge in [0.25, 0.3) is 11.6 Å². The molecule has 1 amide bonds. The van der Waals surface area contributed by atoms with Crippen molar-refractivity contribution in [2.24, 2.45) is 0 Å². The fourth-order valence-electron chi connectivity index (χ4n) is 3.17. The zero-order chi connectivity index (χ0) is 20.3. The monoisotopic (exact) mass is 391 g/mol. The molecule has 0 aliphatic carbocycles. The van der Waals surface area contributed by atoms with Crippen LogP contribution in [-0.2, 0) is 4.79 Å². The molecule has 0 radical (unpaired) electrons. The predicted octanol–water partition coefficient (Wildman–Crippen LogP) is 2.99. The molecule has 3 rings (SSSR count). The molecule has 28 heavy (non-hydrogen) atoms. The smallest absolute Gasteiger partial charge is 0.272 e. The first-order valence-corrected chi connectivity index (χ1v) is 8.72. The summed E-state index contributed by atoms with van der Waals surface area (Å²) in [6.45, 7) is 2.80. The summed E-state index contributed by atoms with van der Waals surface area (Å²) in [5.41, 5.74) is -0.0341. The number of nitro benzene ring substituents is 1. The SMILES string of the molecule is CC1CN(c2ccc([N+](=O)[O-])cc2F)CCN1C(=O)COc1ccc(F)cc1. The Labute approximate surface area is 160 Å². The largest absolute Gasteiger partial charge is 0.484 e. The molecule has 1 aliphatic heterocycles. The van der Waals surface area contributed by atoms with Crippen molar-refractivity contribution in [2.75, 3.05) is 31.1 Å². The molecule has 1 heterocycles. The lowest BCUT2D eigenvalue weighted by Gasteiger charge is -2.41. The van der Waals surface area contributed by atoms with Gasteiger partial charge in [-0.25, -0.2) is 8.78 Å². The van der Waals surface area contributed by atoms with Gasteiger partial charge in [-0.2, -0.15) is 0 Å². The summed E-state index contributed by atoms with van der Waals surface area (Å²) in [7, 11) is 0. The van der Waals surface area contributed by atoms with Gasteiger partial charge in [0.2, 0.25) is 0 Å². The van der Waals surface area contributed by atoms with E-state index < -0.39 is 10.7 Å². The molecule has 0 aromatic heterocycles. The average Bonchev–Trinajstić information content (AvgIpc) is 2.67. The molecule has 1 atom stereocenters. The summed E-state index contributed by atoms with van der Waals surface area (Å²) < 4.78 is 32.5. The summed E-state index contributed by atoms with van der Waals surface area (Å²) in [6.07, 6.45) is 0. The van der Waals surface area contributed by atoms with Crippen molar-refractivity contribution in [3.05, 3.63) is 64.2 Å². The van der Waals surface area contributed by atoms with E-state index in [1.165, 1.54) is 36.4 Å². The second kappa shape index (κ2) is 8.20. The molecule has 1 saturated heterocycles. The number of nitro groups is 1. The Morgan fingerprint density at radius 2 is 1.93 bits per heavy atom. The summed E-state index contributed by atoms with van der Waals surface area (Å²) in [4.78, 5) is 25.9. The molecule has 148 valence electrons. The number of halogens is 2. The number of amides is 1. The topological polar surface area (TPSA) is 75.9 Å². The minimum atomic E-state index is -0.666. The Morgan fingerprint density at radius 3 is 2.54 bits per heavy atom. The highest BCUT2D eigenvalue weighted by Gasteiger charge is 2.29. The van der Waals surface area contributed by atoms with Crippen LogP contribution in [0.2, 0.25) is 0 Å². The number of carbonyl (C=O) groups is 1. The highest BCUT2D eigenvalue weighted by molar-refractivity contribution is 5.78. The molecule has 1 aliphatic rings. The van der Waals surface area contributed by atoms with Crippen LogP contribution in [0, 0.1) is 21.7 Å². The van der Waals surface area contributed by atoms with Gasteiger partial charge in [0.1, 0.15) is 11.6 Å². The van der Waals surface area contributed by atoms with Crippen LogP contribution < -0.4 is 9.64 Å². The van der Waals surface area contributed by atoms with Crippen LogP contribution in [0.4, 0.5) is 20.2 Å². The molecule has 1 unspecified atom stereocenters. The molecule has 0 spiro atoms. The maximum Gasteiger partial charge on any atom is 0.272 e. The van der Waals surface area contributed by atoms with Crippen molar-refractivity contribution < 1.29 is 23.2 Å². The fraction of sp³-hybridized carbons (Fsp3) is 0.316. The number of nitrogens with zero attached hydrogens (tertiary/aromatic N) is 3. The molecule has 2 aromatic rings. The molecular weight excluding hydrogens is 372 g/mol. The standard InChI is InChI=1S/C19H19F2N3O4/c1-13-11-22(18-7-4-15(24(26)27)10-17(18)21)8-9-23(13)19(25)12-28-16-5-2-14(20)3-6-16/h2-7,10,13H,8-9,11-12H2,1H3. The van der Waals surface area contributed by atoms with Gasteiger partial charge in [-0.1, -0.05) is 0 Å². The van der Waals surface area contributed by atoms with Crippen molar-refractivity contribution in [1.82, 2.24) is 4.90 Å². The van der Waals surface area contributed by atoms with E-state index in [0.29, 0.717) is 25.4 Å². The molecular formula is C19H19F2N3O4. The van der Waals surface area contributed by atoms with E-state index >= 15 is 0 Å². The zero-order valence-electron chi connectivity index (χ0n) is 15.2. The molecule has 0 bridgehead atoms. The number of hydrogen-bond donors (Lipinski definition) is 0. The Bertz CT molecular complexity index is 876. The van der Waals surface area contributed by atoms with Crippen molar-refractivity contribution in [1.29, 1.82) is 0 Å². The maximum absolute atomic E-state index is 14.2. The third-order valence-electron chi connectivity index (χ3n) is 4.61. The zero-order valence-corrected chi connectivity index (χ0v) is 15.2. The quantitative estimate of drug-likeness (QED) is 0.579.